The van der Waals surface area contributed by atoms with E-state index in [1.807, 2.05) is 30.7 Å². The van der Waals surface area contributed by atoms with Crippen LogP contribution in [0.5, 0.6) is 0 Å². The molecule has 0 unspecified atom stereocenters. The number of hydrogen-bond donors (Lipinski definition) is 0. The summed E-state index contributed by atoms with van der Waals surface area (Å²) in [5.74, 6) is 0. The predicted octanol–water partition coefficient (Wildman–Crippen LogP) is 4.17. The summed E-state index contributed by atoms with van der Waals surface area (Å²) in [5.41, 5.74) is 3.30. The number of fused-ring (bicyclic) bond motifs is 2. The lowest BCUT2D eigenvalue weighted by molar-refractivity contribution is -0.642. The minimum absolute atomic E-state index is 0.0390. The van der Waals surface area contributed by atoms with Gasteiger partial charge in [0.25, 0.3) is 10.6 Å². The average molecular weight is 622 g/mol. The second kappa shape index (κ2) is 11.8. The standard InChI is InChI=1S/C23H20N3OS3.C7H8O3S/c1-4-13-26-20(14-19-24(2)15-9-5-7-11-17(15)28-19)30-21(22(26)27)23-25(3)16-10-6-8-12-18(16)29-23;1-6-2-4-7(5-3-6)11(8,9)10/h4-12,14H,1,13H2,2-3H3;2-5H,1H3,(H,8,9,10)/q+1;/p-1/b23-21+;. The summed E-state index contributed by atoms with van der Waals surface area (Å²) in [6, 6.07) is 22.4. The van der Waals surface area contributed by atoms with E-state index in [2.05, 4.69) is 65.6 Å². The SMILES string of the molecule is C=CCn1c(=O)/c(=C2\Sc3ccccc3N2C)s/c1=C\c1sc2ccccc2[n+]1C.Cc1ccc(S(=O)(=O)[O-])cc1. The first kappa shape index (κ1) is 29.0. The minimum Gasteiger partial charge on any atom is -0.744 e. The molecule has 0 N–H and O–H groups in total. The summed E-state index contributed by atoms with van der Waals surface area (Å²) < 4.78 is 38.1. The Kier molecular flexibility index (Phi) is 8.35. The molecule has 0 radical (unpaired) electrons. The minimum atomic E-state index is -4.27. The lowest BCUT2D eigenvalue weighted by Crippen LogP contribution is -2.34. The van der Waals surface area contributed by atoms with Gasteiger partial charge in [0.2, 0.25) is 5.52 Å². The Balaban J connectivity index is 0.000000259. The monoisotopic (exact) mass is 621 g/mol. The summed E-state index contributed by atoms with van der Waals surface area (Å²) in [5, 5.41) is 2.10. The molecule has 0 bridgehead atoms. The Morgan fingerprint density at radius 3 is 2.34 bits per heavy atom. The normalized spacial score (nSPS) is 14.6. The van der Waals surface area contributed by atoms with E-state index < -0.39 is 10.1 Å². The molecule has 3 heterocycles. The molecule has 41 heavy (non-hydrogen) atoms. The van der Waals surface area contributed by atoms with Crippen molar-refractivity contribution in [3.05, 3.63) is 116 Å². The molecule has 0 saturated carbocycles. The molecular weight excluding hydrogens is 595 g/mol. The number of allylic oxidation sites excluding steroid dienone is 1. The number of thioether (sulfide) groups is 1. The van der Waals surface area contributed by atoms with Gasteiger partial charge in [0, 0.05) is 24.6 Å². The highest BCUT2D eigenvalue weighted by Gasteiger charge is 2.24. The van der Waals surface area contributed by atoms with E-state index in [4.69, 9.17) is 0 Å². The molecule has 0 saturated heterocycles. The molecule has 11 heteroatoms. The molecule has 7 nitrogen and oxygen atoms in total. The van der Waals surface area contributed by atoms with Crippen molar-refractivity contribution < 1.29 is 17.5 Å². The molecule has 1 aliphatic heterocycles. The zero-order chi connectivity index (χ0) is 29.3. The van der Waals surface area contributed by atoms with Crippen LogP contribution < -0.4 is 24.2 Å². The number of para-hydroxylation sites is 2. The van der Waals surface area contributed by atoms with Crippen LogP contribution in [0.25, 0.3) is 21.3 Å². The lowest BCUT2D eigenvalue weighted by Gasteiger charge is -2.11. The summed E-state index contributed by atoms with van der Waals surface area (Å²) >= 11 is 4.95. The fraction of sp³-hybridized carbons (Fsp3) is 0.133. The maximum Gasteiger partial charge on any atom is 0.272 e. The van der Waals surface area contributed by atoms with Crippen molar-refractivity contribution in [3.63, 3.8) is 0 Å². The van der Waals surface area contributed by atoms with E-state index in [1.165, 1.54) is 27.2 Å². The van der Waals surface area contributed by atoms with Crippen LogP contribution in [0.3, 0.4) is 0 Å². The predicted molar refractivity (Wildman–Crippen MR) is 168 cm³/mol. The highest BCUT2D eigenvalue weighted by atomic mass is 32.2. The smallest absolute Gasteiger partial charge is 0.272 e. The molecule has 6 rings (SSSR count). The number of benzene rings is 3. The lowest BCUT2D eigenvalue weighted by atomic mass is 10.2. The largest absolute Gasteiger partial charge is 0.744 e. The maximum absolute atomic E-state index is 13.4. The van der Waals surface area contributed by atoms with Crippen LogP contribution in [0, 0.1) is 6.92 Å². The number of anilines is 1. The molecule has 1 aliphatic rings. The van der Waals surface area contributed by atoms with E-state index in [1.54, 1.807) is 52.6 Å². The first-order valence-corrected chi connectivity index (χ1v) is 16.4. The highest BCUT2D eigenvalue weighted by Crippen LogP contribution is 2.44. The van der Waals surface area contributed by atoms with E-state index in [0.717, 1.165) is 30.5 Å². The first-order valence-electron chi connectivity index (χ1n) is 12.6. The Bertz CT molecular complexity index is 2060. The van der Waals surface area contributed by atoms with Crippen molar-refractivity contribution in [1.82, 2.24) is 4.57 Å². The number of nitrogens with zero attached hydrogens (tertiary/aromatic N) is 3. The topological polar surface area (TPSA) is 86.3 Å². The Morgan fingerprint density at radius 2 is 1.68 bits per heavy atom. The number of aromatic nitrogens is 2. The zero-order valence-electron chi connectivity index (χ0n) is 22.6. The van der Waals surface area contributed by atoms with Crippen molar-refractivity contribution in [1.29, 1.82) is 0 Å². The highest BCUT2D eigenvalue weighted by molar-refractivity contribution is 8.08. The van der Waals surface area contributed by atoms with Crippen LogP contribution in [0.2, 0.25) is 0 Å². The van der Waals surface area contributed by atoms with E-state index in [-0.39, 0.29) is 10.5 Å². The van der Waals surface area contributed by atoms with Crippen LogP contribution in [0.1, 0.15) is 10.6 Å². The quantitative estimate of drug-likeness (QED) is 0.170. The van der Waals surface area contributed by atoms with Gasteiger partial charge in [0.05, 0.1) is 16.7 Å². The van der Waals surface area contributed by atoms with Gasteiger partial charge in [-0.05, 0) is 37.3 Å². The first-order chi connectivity index (χ1) is 19.6. The molecule has 0 amide bonds. The fourth-order valence-electron chi connectivity index (χ4n) is 4.33. The van der Waals surface area contributed by atoms with Gasteiger partial charge >= 0.3 is 0 Å². The molecule has 210 valence electrons. The van der Waals surface area contributed by atoms with Gasteiger partial charge in [0.15, 0.2) is 0 Å². The van der Waals surface area contributed by atoms with Crippen molar-refractivity contribution in [2.45, 2.75) is 23.3 Å². The molecule has 5 aromatic rings. The van der Waals surface area contributed by atoms with Crippen molar-refractivity contribution >= 4 is 71.6 Å². The van der Waals surface area contributed by atoms with Crippen LogP contribution in [0.15, 0.2) is 100 Å². The van der Waals surface area contributed by atoms with Gasteiger partial charge in [-0.2, -0.15) is 4.57 Å². The van der Waals surface area contributed by atoms with Crippen molar-refractivity contribution in [2.24, 2.45) is 7.05 Å². The van der Waals surface area contributed by atoms with E-state index in [0.29, 0.717) is 6.54 Å². The molecule has 0 aliphatic carbocycles. The Hall–Kier alpha value is -3.48. The second-order valence-corrected chi connectivity index (χ2v) is 13.8. The van der Waals surface area contributed by atoms with Crippen LogP contribution in [0.4, 0.5) is 5.69 Å². The van der Waals surface area contributed by atoms with Gasteiger partial charge in [-0.3, -0.25) is 9.36 Å². The van der Waals surface area contributed by atoms with Gasteiger partial charge in [-0.15, -0.1) is 17.9 Å². The van der Waals surface area contributed by atoms with Gasteiger partial charge in [-0.25, -0.2) is 8.42 Å². The number of rotatable bonds is 4. The summed E-state index contributed by atoms with van der Waals surface area (Å²) in [6.45, 7) is 6.17. The van der Waals surface area contributed by atoms with Gasteiger partial charge in [-0.1, -0.05) is 71.1 Å². The number of thiazole rings is 2. The fourth-order valence-corrected chi connectivity index (χ4v) is 8.36. The average Bonchev–Trinajstić information content (AvgIpc) is 3.56. The summed E-state index contributed by atoms with van der Waals surface area (Å²) in [7, 11) is -0.171. The third kappa shape index (κ3) is 5.95. The number of hydrogen-bond acceptors (Lipinski definition) is 8. The summed E-state index contributed by atoms with van der Waals surface area (Å²) in [4.78, 5) is 16.5. The van der Waals surface area contributed by atoms with Crippen LogP contribution in [-0.2, 0) is 23.7 Å². The molecule has 0 atom stereocenters. The van der Waals surface area contributed by atoms with E-state index >= 15 is 0 Å². The van der Waals surface area contributed by atoms with Crippen molar-refractivity contribution in [2.75, 3.05) is 11.9 Å². The van der Waals surface area contributed by atoms with Crippen molar-refractivity contribution in [3.8, 4) is 0 Å². The third-order valence-corrected chi connectivity index (χ3v) is 11.0. The van der Waals surface area contributed by atoms with Gasteiger partial charge < -0.3 is 9.45 Å². The molecule has 0 spiro atoms. The molecule has 3 aromatic carbocycles. The Morgan fingerprint density at radius 1 is 1.00 bits per heavy atom. The van der Waals surface area contributed by atoms with Crippen LogP contribution >= 0.6 is 34.4 Å². The van der Waals surface area contributed by atoms with Gasteiger partial charge in [0.1, 0.15) is 36.1 Å². The van der Waals surface area contributed by atoms with E-state index in [9.17, 15) is 17.8 Å². The third-order valence-electron chi connectivity index (χ3n) is 6.48. The molecule has 0 fully saturated rings. The zero-order valence-corrected chi connectivity index (χ0v) is 25.9. The Labute approximate surface area is 250 Å². The number of aryl methyl sites for hydroxylation is 2. The maximum atomic E-state index is 13.4. The molecule has 2 aromatic heterocycles. The molecular formula is C30H27N3O4S4. The summed E-state index contributed by atoms with van der Waals surface area (Å²) in [6.07, 6.45) is 3.90. The second-order valence-electron chi connectivity index (χ2n) is 9.29. The van der Waals surface area contributed by atoms with Crippen LogP contribution in [-0.4, -0.2) is 24.6 Å².